The minimum Gasteiger partial charge on any atom is -0.361 e. The number of rotatable bonds is 3. The van der Waals surface area contributed by atoms with Gasteiger partial charge in [0, 0.05) is 18.3 Å². The van der Waals surface area contributed by atoms with Gasteiger partial charge in [0.2, 0.25) is 0 Å². The van der Waals surface area contributed by atoms with Gasteiger partial charge >= 0.3 is 0 Å². The molecular formula is C10H14N4O. The molecular weight excluding hydrogens is 192 g/mol. The highest BCUT2D eigenvalue weighted by Crippen LogP contribution is 2.11. The van der Waals surface area contributed by atoms with E-state index in [1.54, 1.807) is 12.5 Å². The second kappa shape index (κ2) is 3.86. The normalized spacial score (nSPS) is 13.0. The van der Waals surface area contributed by atoms with Crippen LogP contribution in [0, 0.1) is 6.92 Å². The molecule has 0 aliphatic carbocycles. The third kappa shape index (κ3) is 2.07. The van der Waals surface area contributed by atoms with E-state index in [0.29, 0.717) is 6.54 Å². The van der Waals surface area contributed by atoms with Crippen LogP contribution in [0.4, 0.5) is 0 Å². The van der Waals surface area contributed by atoms with Gasteiger partial charge in [-0.05, 0) is 13.8 Å². The molecule has 0 aliphatic heterocycles. The lowest BCUT2D eigenvalue weighted by Gasteiger charge is -2.08. The molecule has 0 saturated carbocycles. The van der Waals surface area contributed by atoms with Gasteiger partial charge in [-0.3, -0.25) is 0 Å². The zero-order valence-electron chi connectivity index (χ0n) is 8.84. The lowest BCUT2D eigenvalue weighted by Crippen LogP contribution is -2.12. The molecule has 2 aromatic rings. The van der Waals surface area contributed by atoms with Gasteiger partial charge in [-0.15, -0.1) is 0 Å². The van der Waals surface area contributed by atoms with Crippen molar-refractivity contribution < 1.29 is 4.52 Å². The summed E-state index contributed by atoms with van der Waals surface area (Å²) in [6, 6.07) is 1.88. The molecule has 0 radical (unpaired) electrons. The Labute approximate surface area is 87.9 Å². The molecule has 0 aromatic carbocycles. The molecule has 2 aromatic heterocycles. The Morgan fingerprint density at radius 3 is 3.00 bits per heavy atom. The van der Waals surface area contributed by atoms with Crippen LogP contribution in [-0.4, -0.2) is 14.7 Å². The van der Waals surface area contributed by atoms with Crippen molar-refractivity contribution in [1.82, 2.24) is 14.7 Å². The minimum absolute atomic E-state index is 0.0273. The van der Waals surface area contributed by atoms with E-state index < -0.39 is 0 Å². The van der Waals surface area contributed by atoms with Gasteiger partial charge in [0.1, 0.15) is 11.5 Å². The van der Waals surface area contributed by atoms with Crippen LogP contribution in [0.3, 0.4) is 0 Å². The third-order valence-corrected chi connectivity index (χ3v) is 2.22. The first-order valence-corrected chi connectivity index (χ1v) is 4.84. The zero-order valence-corrected chi connectivity index (χ0v) is 8.84. The highest BCUT2D eigenvalue weighted by molar-refractivity contribution is 5.09. The Balaban J connectivity index is 2.20. The average molecular weight is 206 g/mol. The maximum Gasteiger partial charge on any atom is 0.133 e. The first kappa shape index (κ1) is 9.92. The smallest absolute Gasteiger partial charge is 0.133 e. The standard InChI is InChI=1S/C10H14N4O/c1-7-3-9(13-15-7)5-14-6-12-4-10(14)8(2)11/h3-4,6,8H,5,11H2,1-2H3/t8-/m0/s1. The van der Waals surface area contributed by atoms with Gasteiger partial charge in [0.15, 0.2) is 0 Å². The molecule has 0 bridgehead atoms. The van der Waals surface area contributed by atoms with Crippen LogP contribution in [0.5, 0.6) is 0 Å². The second-order valence-corrected chi connectivity index (χ2v) is 3.66. The van der Waals surface area contributed by atoms with E-state index >= 15 is 0 Å². The molecule has 0 saturated heterocycles. The van der Waals surface area contributed by atoms with Crippen LogP contribution in [0.1, 0.15) is 30.1 Å². The molecule has 0 fully saturated rings. The van der Waals surface area contributed by atoms with Gasteiger partial charge in [-0.1, -0.05) is 5.16 Å². The molecule has 0 amide bonds. The van der Waals surface area contributed by atoms with E-state index in [-0.39, 0.29) is 6.04 Å². The van der Waals surface area contributed by atoms with Crippen LogP contribution < -0.4 is 5.73 Å². The average Bonchev–Trinajstić information content (AvgIpc) is 2.75. The zero-order chi connectivity index (χ0) is 10.8. The van der Waals surface area contributed by atoms with Crippen LogP contribution in [0.25, 0.3) is 0 Å². The Morgan fingerprint density at radius 2 is 2.40 bits per heavy atom. The third-order valence-electron chi connectivity index (χ3n) is 2.22. The van der Waals surface area contributed by atoms with E-state index in [2.05, 4.69) is 10.1 Å². The van der Waals surface area contributed by atoms with Crippen molar-refractivity contribution in [2.75, 3.05) is 0 Å². The van der Waals surface area contributed by atoms with E-state index in [1.165, 1.54) is 0 Å². The lowest BCUT2D eigenvalue weighted by atomic mass is 10.2. The molecule has 80 valence electrons. The highest BCUT2D eigenvalue weighted by Gasteiger charge is 2.08. The quantitative estimate of drug-likeness (QED) is 0.820. The van der Waals surface area contributed by atoms with Crippen molar-refractivity contribution in [3.63, 3.8) is 0 Å². The molecule has 5 nitrogen and oxygen atoms in total. The number of aryl methyl sites for hydroxylation is 1. The first-order valence-electron chi connectivity index (χ1n) is 4.84. The molecule has 0 unspecified atom stereocenters. The second-order valence-electron chi connectivity index (χ2n) is 3.66. The Hall–Kier alpha value is -1.62. The minimum atomic E-state index is -0.0273. The predicted molar refractivity (Wildman–Crippen MR) is 55.2 cm³/mol. The molecule has 0 spiro atoms. The van der Waals surface area contributed by atoms with Crippen LogP contribution in [-0.2, 0) is 6.54 Å². The fraction of sp³-hybridized carbons (Fsp3) is 0.400. The summed E-state index contributed by atoms with van der Waals surface area (Å²) in [7, 11) is 0. The molecule has 1 atom stereocenters. The van der Waals surface area contributed by atoms with Crippen molar-refractivity contribution >= 4 is 0 Å². The maximum absolute atomic E-state index is 5.81. The van der Waals surface area contributed by atoms with Crippen molar-refractivity contribution in [2.45, 2.75) is 26.4 Å². The molecule has 2 rings (SSSR count). The van der Waals surface area contributed by atoms with Crippen LogP contribution in [0.15, 0.2) is 23.1 Å². The van der Waals surface area contributed by atoms with Gasteiger partial charge < -0.3 is 14.8 Å². The van der Waals surface area contributed by atoms with Crippen molar-refractivity contribution in [3.8, 4) is 0 Å². The Bertz CT molecular complexity index is 444. The summed E-state index contributed by atoms with van der Waals surface area (Å²) in [4.78, 5) is 4.07. The van der Waals surface area contributed by atoms with Gasteiger partial charge in [-0.25, -0.2) is 4.98 Å². The number of nitrogens with two attached hydrogens (primary N) is 1. The van der Waals surface area contributed by atoms with Crippen LogP contribution in [0.2, 0.25) is 0 Å². The number of hydrogen-bond donors (Lipinski definition) is 1. The van der Waals surface area contributed by atoms with E-state index in [4.69, 9.17) is 10.3 Å². The topological polar surface area (TPSA) is 69.9 Å². The summed E-state index contributed by atoms with van der Waals surface area (Å²) in [5, 5.41) is 3.93. The highest BCUT2D eigenvalue weighted by atomic mass is 16.5. The number of imidazole rings is 1. The Morgan fingerprint density at radius 1 is 1.60 bits per heavy atom. The lowest BCUT2D eigenvalue weighted by molar-refractivity contribution is 0.388. The number of aromatic nitrogens is 3. The summed E-state index contributed by atoms with van der Waals surface area (Å²) >= 11 is 0. The van der Waals surface area contributed by atoms with Gasteiger partial charge in [-0.2, -0.15) is 0 Å². The molecule has 5 heteroatoms. The fourth-order valence-corrected chi connectivity index (χ4v) is 1.51. The summed E-state index contributed by atoms with van der Waals surface area (Å²) in [5.74, 6) is 0.812. The SMILES string of the molecule is Cc1cc(Cn2cncc2[C@H](C)N)no1. The largest absolute Gasteiger partial charge is 0.361 e. The summed E-state index contributed by atoms with van der Waals surface area (Å²) in [5.41, 5.74) is 7.69. The molecule has 0 aliphatic rings. The summed E-state index contributed by atoms with van der Waals surface area (Å²) < 4.78 is 6.97. The monoisotopic (exact) mass is 206 g/mol. The first-order chi connectivity index (χ1) is 7.16. The van der Waals surface area contributed by atoms with Crippen LogP contribution >= 0.6 is 0 Å². The van der Waals surface area contributed by atoms with E-state index in [9.17, 15) is 0 Å². The summed E-state index contributed by atoms with van der Waals surface area (Å²) in [6.45, 7) is 4.45. The molecule has 2 N–H and O–H groups in total. The summed E-state index contributed by atoms with van der Waals surface area (Å²) in [6.07, 6.45) is 3.53. The van der Waals surface area contributed by atoms with Crippen molar-refractivity contribution in [3.05, 3.63) is 35.7 Å². The predicted octanol–water partition coefficient (Wildman–Crippen LogP) is 1.25. The maximum atomic E-state index is 5.81. The van der Waals surface area contributed by atoms with Crippen molar-refractivity contribution in [2.24, 2.45) is 5.73 Å². The van der Waals surface area contributed by atoms with E-state index in [0.717, 1.165) is 17.1 Å². The molecule has 2 heterocycles. The number of hydrogen-bond acceptors (Lipinski definition) is 4. The van der Waals surface area contributed by atoms with Gasteiger partial charge in [0.05, 0.1) is 18.6 Å². The molecule has 15 heavy (non-hydrogen) atoms. The fourth-order valence-electron chi connectivity index (χ4n) is 1.51. The van der Waals surface area contributed by atoms with Crippen molar-refractivity contribution in [1.29, 1.82) is 0 Å². The Kier molecular flexibility index (Phi) is 2.55. The van der Waals surface area contributed by atoms with E-state index in [1.807, 2.05) is 24.5 Å². The number of nitrogens with zero attached hydrogens (tertiary/aromatic N) is 3. The van der Waals surface area contributed by atoms with Gasteiger partial charge in [0.25, 0.3) is 0 Å².